The highest BCUT2D eigenvalue weighted by atomic mass is 33.1. The first kappa shape index (κ1) is 40.9. The van der Waals surface area contributed by atoms with E-state index in [0.29, 0.717) is 0 Å². The summed E-state index contributed by atoms with van der Waals surface area (Å²) in [5.41, 5.74) is 7.14. The number of nitrogens with zero attached hydrogens (tertiary/aromatic N) is 6. The van der Waals surface area contributed by atoms with Gasteiger partial charge in [0.1, 0.15) is 0 Å². The lowest BCUT2D eigenvalue weighted by Crippen LogP contribution is -2.33. The highest BCUT2D eigenvalue weighted by Gasteiger charge is 2.03. The van der Waals surface area contributed by atoms with Crippen molar-refractivity contribution in [1.29, 1.82) is 0 Å². The van der Waals surface area contributed by atoms with E-state index in [1.54, 1.807) is 0 Å². The Morgan fingerprint density at radius 3 is 1.68 bits per heavy atom. The monoisotopic (exact) mass is 711 g/mol. The summed E-state index contributed by atoms with van der Waals surface area (Å²) in [6.07, 6.45) is 21.0. The molecule has 0 fully saturated rings. The van der Waals surface area contributed by atoms with Crippen LogP contribution in [0.1, 0.15) is 29.5 Å². The van der Waals surface area contributed by atoms with Gasteiger partial charge in [-0.1, -0.05) is 82.8 Å². The number of anilines is 2. The van der Waals surface area contributed by atoms with Crippen LogP contribution in [0, 0.1) is 0 Å². The second-order valence-corrected chi connectivity index (χ2v) is 15.6. The molecule has 0 radical (unpaired) electrons. The second-order valence-electron chi connectivity index (χ2n) is 12.9. The summed E-state index contributed by atoms with van der Waals surface area (Å²) in [6.45, 7) is 10.1. The van der Waals surface area contributed by atoms with Gasteiger partial charge in [0.15, 0.2) is 18.9 Å². The van der Waals surface area contributed by atoms with Gasteiger partial charge in [-0.15, -0.1) is 0 Å². The van der Waals surface area contributed by atoms with Gasteiger partial charge in [-0.2, -0.15) is 0 Å². The average Bonchev–Trinajstić information content (AvgIpc) is 3.11. The Labute approximate surface area is 311 Å². The van der Waals surface area contributed by atoms with E-state index in [-0.39, 0.29) is 0 Å². The van der Waals surface area contributed by atoms with Crippen molar-refractivity contribution < 1.29 is 4.57 Å². The van der Waals surface area contributed by atoms with Crippen LogP contribution < -0.4 is 14.4 Å². The number of allylic oxidation sites excluding steroid dienone is 4. The molecule has 8 heteroatoms. The first-order valence-corrected chi connectivity index (χ1v) is 20.1. The zero-order chi connectivity index (χ0) is 36.0. The maximum Gasteiger partial charge on any atom is 0.169 e. The summed E-state index contributed by atoms with van der Waals surface area (Å²) < 4.78 is 2.25. The molecule has 0 saturated heterocycles. The molecule has 0 aliphatic rings. The second kappa shape index (κ2) is 23.8. The smallest absolute Gasteiger partial charge is 0.169 e. The molecule has 0 aliphatic heterocycles. The van der Waals surface area contributed by atoms with Gasteiger partial charge >= 0.3 is 0 Å². The molecule has 1 aromatic heterocycles. The first-order valence-electron chi connectivity index (χ1n) is 17.6. The van der Waals surface area contributed by atoms with E-state index in [0.717, 1.165) is 69.2 Å². The summed E-state index contributed by atoms with van der Waals surface area (Å²) in [6, 6.07) is 21.9. The summed E-state index contributed by atoms with van der Waals surface area (Å²) in [5.74, 6) is 2.05. The SMILES string of the molecule is C=CC(/C=C/c1ccc(N(C)CCCN(C)C)cc1)=C\C=NCCSSCC[n+]1ccc(/C=C/c2ccc(N(C)CCCN(C)C)cc2)cc1. The van der Waals surface area contributed by atoms with Crippen LogP contribution in [0.15, 0.2) is 108 Å². The zero-order valence-corrected chi connectivity index (χ0v) is 32.9. The largest absolute Gasteiger partial charge is 0.375 e. The fourth-order valence-electron chi connectivity index (χ4n) is 5.06. The molecule has 0 saturated carbocycles. The predicted octanol–water partition coefficient (Wildman–Crippen LogP) is 8.20. The van der Waals surface area contributed by atoms with Crippen LogP contribution in [0.2, 0.25) is 0 Å². The van der Waals surface area contributed by atoms with Gasteiger partial charge in [-0.25, -0.2) is 4.57 Å². The molecule has 0 atom stereocenters. The minimum Gasteiger partial charge on any atom is -0.375 e. The first-order chi connectivity index (χ1) is 24.2. The summed E-state index contributed by atoms with van der Waals surface area (Å²) >= 11 is 0. The zero-order valence-electron chi connectivity index (χ0n) is 31.2. The van der Waals surface area contributed by atoms with Crippen LogP contribution in [-0.2, 0) is 6.54 Å². The molecule has 0 N–H and O–H groups in total. The van der Waals surface area contributed by atoms with Crippen molar-refractivity contribution in [2.45, 2.75) is 19.4 Å². The molecule has 50 heavy (non-hydrogen) atoms. The van der Waals surface area contributed by atoms with E-state index in [9.17, 15) is 0 Å². The maximum atomic E-state index is 4.57. The molecule has 0 bridgehead atoms. The Morgan fingerprint density at radius 2 is 1.16 bits per heavy atom. The fraction of sp³-hybridized carbons (Fsp3) is 0.381. The van der Waals surface area contributed by atoms with Crippen molar-refractivity contribution in [2.75, 3.05) is 96.3 Å². The third-order valence-corrected chi connectivity index (χ3v) is 10.5. The maximum absolute atomic E-state index is 4.57. The van der Waals surface area contributed by atoms with Gasteiger partial charge < -0.3 is 19.6 Å². The Hall–Kier alpha value is -3.56. The molecule has 1 heterocycles. The molecule has 3 rings (SSSR count). The van der Waals surface area contributed by atoms with Crippen LogP contribution in [0.5, 0.6) is 0 Å². The molecule has 268 valence electrons. The molecule has 0 aliphatic carbocycles. The van der Waals surface area contributed by atoms with E-state index in [1.807, 2.05) is 40.0 Å². The quantitative estimate of drug-likeness (QED) is 0.0324. The third-order valence-electron chi connectivity index (χ3n) is 8.15. The molecule has 0 spiro atoms. The van der Waals surface area contributed by atoms with Gasteiger partial charge in [0.2, 0.25) is 0 Å². The van der Waals surface area contributed by atoms with Gasteiger partial charge in [0.25, 0.3) is 0 Å². The number of pyridine rings is 1. The molecule has 0 unspecified atom stereocenters. The van der Waals surface area contributed by atoms with Crippen molar-refractivity contribution >= 4 is 57.4 Å². The van der Waals surface area contributed by atoms with E-state index in [2.05, 4.69) is 175 Å². The van der Waals surface area contributed by atoms with Crippen molar-refractivity contribution in [2.24, 2.45) is 4.99 Å². The number of rotatable bonds is 23. The Kier molecular flexibility index (Phi) is 19.4. The van der Waals surface area contributed by atoms with Crippen LogP contribution in [-0.4, -0.2) is 103 Å². The van der Waals surface area contributed by atoms with E-state index >= 15 is 0 Å². The van der Waals surface area contributed by atoms with Gasteiger partial charge in [-0.3, -0.25) is 4.99 Å². The molecular formula is C42H59N6S2+. The lowest BCUT2D eigenvalue weighted by molar-refractivity contribution is -0.692. The van der Waals surface area contributed by atoms with E-state index in [1.165, 1.54) is 28.1 Å². The number of aliphatic imine (C=N–C) groups is 1. The molecule has 2 aromatic carbocycles. The summed E-state index contributed by atoms with van der Waals surface area (Å²) in [5, 5.41) is 0. The van der Waals surface area contributed by atoms with Gasteiger partial charge in [0, 0.05) is 69.2 Å². The van der Waals surface area contributed by atoms with Crippen molar-refractivity contribution in [3.8, 4) is 0 Å². The minimum absolute atomic E-state index is 0.802. The van der Waals surface area contributed by atoms with Crippen LogP contribution >= 0.6 is 21.6 Å². The highest BCUT2D eigenvalue weighted by Crippen LogP contribution is 2.20. The Bertz CT molecular complexity index is 1490. The third kappa shape index (κ3) is 16.9. The van der Waals surface area contributed by atoms with Crippen LogP contribution in [0.25, 0.3) is 18.2 Å². The van der Waals surface area contributed by atoms with Crippen molar-refractivity contribution in [3.05, 3.63) is 120 Å². The van der Waals surface area contributed by atoms with Crippen LogP contribution in [0.3, 0.4) is 0 Å². The summed E-state index contributed by atoms with van der Waals surface area (Å²) in [4.78, 5) is 13.7. The van der Waals surface area contributed by atoms with Crippen molar-refractivity contribution in [1.82, 2.24) is 9.80 Å². The minimum atomic E-state index is 0.802. The number of hydrogen-bond donors (Lipinski definition) is 0. The molecule has 3 aromatic rings. The fourth-order valence-corrected chi connectivity index (χ4v) is 6.91. The number of hydrogen-bond acceptors (Lipinski definition) is 7. The Morgan fingerprint density at radius 1 is 0.660 bits per heavy atom. The average molecular weight is 712 g/mol. The number of benzene rings is 2. The summed E-state index contributed by atoms with van der Waals surface area (Å²) in [7, 11) is 16.6. The number of aryl methyl sites for hydroxylation is 1. The lowest BCUT2D eigenvalue weighted by Gasteiger charge is -2.20. The molecule has 0 amide bonds. The standard InChI is InChI=1S/C42H59N6S2/c1-8-37(11-12-38-15-19-41(20-16-38)46(6)30-9-28-44(2)3)23-26-43-27-35-49-50-36-34-48-32-24-40(25-33-48)14-13-39-17-21-42(22-18-39)47(7)31-10-29-45(4)5/h8,11-26,32-33H,1,9-10,27-31,34-36H2,2-7H3/q+1/b12-11+,37-23+,43-26?. The molecular weight excluding hydrogens is 653 g/mol. The van der Waals surface area contributed by atoms with E-state index < -0.39 is 0 Å². The van der Waals surface area contributed by atoms with Crippen molar-refractivity contribution in [3.63, 3.8) is 0 Å². The van der Waals surface area contributed by atoms with Gasteiger partial charge in [0.05, 0.1) is 5.75 Å². The Balaban J connectivity index is 1.30. The van der Waals surface area contributed by atoms with E-state index in [4.69, 9.17) is 0 Å². The highest BCUT2D eigenvalue weighted by molar-refractivity contribution is 8.76. The topological polar surface area (TPSA) is 29.2 Å². The van der Waals surface area contributed by atoms with Gasteiger partial charge in [-0.05, 0) is 107 Å². The normalized spacial score (nSPS) is 12.3. The molecule has 6 nitrogen and oxygen atoms in total. The van der Waals surface area contributed by atoms with Crippen LogP contribution in [0.4, 0.5) is 11.4 Å². The predicted molar refractivity (Wildman–Crippen MR) is 227 cm³/mol. The number of aromatic nitrogens is 1. The lowest BCUT2D eigenvalue weighted by atomic mass is 10.1.